The number of hydrogen-bond donors (Lipinski definition) is 1. The van der Waals surface area contributed by atoms with E-state index in [0.29, 0.717) is 0 Å². The van der Waals surface area contributed by atoms with Gasteiger partial charge in [0.15, 0.2) is 0 Å². The zero-order chi connectivity index (χ0) is 13.8. The Kier molecular flexibility index (Phi) is 5.21. The van der Waals surface area contributed by atoms with E-state index < -0.39 is 6.10 Å². The van der Waals surface area contributed by atoms with E-state index in [1.807, 2.05) is 6.07 Å². The maximum Gasteiger partial charge on any atom is 0.124 e. The summed E-state index contributed by atoms with van der Waals surface area (Å²) in [5.41, 5.74) is 2.23. The summed E-state index contributed by atoms with van der Waals surface area (Å²) in [7, 11) is 1.65. The average molecular weight is 250 g/mol. The van der Waals surface area contributed by atoms with Crippen LogP contribution in [0, 0.1) is 0 Å². The first kappa shape index (κ1) is 15.0. The molecule has 1 N–H and O–H groups in total. The summed E-state index contributed by atoms with van der Waals surface area (Å²) in [5.74, 6) is 0.784. The topological polar surface area (TPSA) is 29.5 Å². The van der Waals surface area contributed by atoms with E-state index in [9.17, 15) is 5.11 Å². The minimum Gasteiger partial charge on any atom is -0.496 e. The van der Waals surface area contributed by atoms with E-state index in [0.717, 1.165) is 30.6 Å². The zero-order valence-electron chi connectivity index (χ0n) is 12.3. The highest BCUT2D eigenvalue weighted by Crippen LogP contribution is 2.33. The lowest BCUT2D eigenvalue weighted by Crippen LogP contribution is -2.12. The number of ether oxygens (including phenoxy) is 1. The molecule has 1 aromatic rings. The molecule has 0 aliphatic rings. The standard InChI is InChI=1S/C16H26O2/c1-6-7-8-14(17)13-11-12(16(2,3)4)9-10-15(13)18-5/h9-11,14,17H,6-8H2,1-5H3. The van der Waals surface area contributed by atoms with Crippen molar-refractivity contribution in [2.75, 3.05) is 7.11 Å². The Morgan fingerprint density at radius 3 is 2.44 bits per heavy atom. The Bertz CT molecular complexity index is 377. The number of methoxy groups -OCH3 is 1. The molecule has 0 saturated heterocycles. The third-order valence-electron chi connectivity index (χ3n) is 3.29. The molecule has 1 atom stereocenters. The molecule has 2 nitrogen and oxygen atoms in total. The second-order valence-corrected chi connectivity index (χ2v) is 5.86. The molecule has 0 spiro atoms. The molecule has 0 bridgehead atoms. The summed E-state index contributed by atoms with van der Waals surface area (Å²) in [4.78, 5) is 0. The molecular weight excluding hydrogens is 224 g/mol. The molecule has 0 aliphatic heterocycles. The van der Waals surface area contributed by atoms with Gasteiger partial charge in [-0.25, -0.2) is 0 Å². The van der Waals surface area contributed by atoms with Gasteiger partial charge in [0, 0.05) is 5.56 Å². The zero-order valence-corrected chi connectivity index (χ0v) is 12.3. The van der Waals surface area contributed by atoms with Gasteiger partial charge in [-0.15, -0.1) is 0 Å². The summed E-state index contributed by atoms with van der Waals surface area (Å²) in [5, 5.41) is 10.3. The van der Waals surface area contributed by atoms with Crippen LogP contribution in [0.2, 0.25) is 0 Å². The Balaban J connectivity index is 3.06. The third kappa shape index (κ3) is 3.74. The molecule has 0 amide bonds. The van der Waals surface area contributed by atoms with Crippen molar-refractivity contribution in [1.82, 2.24) is 0 Å². The highest BCUT2D eigenvalue weighted by Gasteiger charge is 2.19. The van der Waals surface area contributed by atoms with E-state index in [1.54, 1.807) is 7.11 Å². The minimum absolute atomic E-state index is 0.0888. The molecule has 102 valence electrons. The van der Waals surface area contributed by atoms with Crippen molar-refractivity contribution in [2.24, 2.45) is 0 Å². The Morgan fingerprint density at radius 1 is 1.28 bits per heavy atom. The Labute approximate surface area is 111 Å². The van der Waals surface area contributed by atoms with Crippen LogP contribution in [-0.4, -0.2) is 12.2 Å². The van der Waals surface area contributed by atoms with Gasteiger partial charge in [0.2, 0.25) is 0 Å². The van der Waals surface area contributed by atoms with Gasteiger partial charge in [0.05, 0.1) is 13.2 Å². The van der Waals surface area contributed by atoms with Crippen LogP contribution in [0.25, 0.3) is 0 Å². The van der Waals surface area contributed by atoms with E-state index in [2.05, 4.69) is 39.8 Å². The number of rotatable bonds is 5. The van der Waals surface area contributed by atoms with Gasteiger partial charge in [0.25, 0.3) is 0 Å². The monoisotopic (exact) mass is 250 g/mol. The van der Waals surface area contributed by atoms with E-state index in [-0.39, 0.29) is 5.41 Å². The maximum atomic E-state index is 10.3. The van der Waals surface area contributed by atoms with Crippen LogP contribution in [0.5, 0.6) is 5.75 Å². The molecule has 18 heavy (non-hydrogen) atoms. The van der Waals surface area contributed by atoms with Gasteiger partial charge in [0.1, 0.15) is 5.75 Å². The molecule has 1 rings (SSSR count). The number of hydrogen-bond acceptors (Lipinski definition) is 2. The van der Waals surface area contributed by atoms with E-state index in [1.165, 1.54) is 5.56 Å². The van der Waals surface area contributed by atoms with Crippen molar-refractivity contribution in [3.05, 3.63) is 29.3 Å². The molecule has 1 unspecified atom stereocenters. The van der Waals surface area contributed by atoms with Crippen LogP contribution in [0.4, 0.5) is 0 Å². The lowest BCUT2D eigenvalue weighted by molar-refractivity contribution is 0.160. The van der Waals surface area contributed by atoms with Crippen LogP contribution < -0.4 is 4.74 Å². The normalized spacial score (nSPS) is 13.4. The first-order valence-electron chi connectivity index (χ1n) is 6.76. The Hall–Kier alpha value is -1.02. The van der Waals surface area contributed by atoms with Crippen molar-refractivity contribution >= 4 is 0 Å². The van der Waals surface area contributed by atoms with Crippen molar-refractivity contribution in [3.63, 3.8) is 0 Å². The van der Waals surface area contributed by atoms with E-state index in [4.69, 9.17) is 4.74 Å². The van der Waals surface area contributed by atoms with Crippen LogP contribution in [-0.2, 0) is 5.41 Å². The summed E-state index contributed by atoms with van der Waals surface area (Å²) in [6.07, 6.45) is 2.49. The van der Waals surface area contributed by atoms with Gasteiger partial charge in [-0.05, 0) is 29.5 Å². The first-order valence-corrected chi connectivity index (χ1v) is 6.76. The predicted molar refractivity (Wildman–Crippen MR) is 76.2 cm³/mol. The second kappa shape index (κ2) is 6.24. The number of benzene rings is 1. The highest BCUT2D eigenvalue weighted by atomic mass is 16.5. The molecule has 2 heteroatoms. The van der Waals surface area contributed by atoms with Crippen molar-refractivity contribution in [1.29, 1.82) is 0 Å². The SMILES string of the molecule is CCCCC(O)c1cc(C(C)(C)C)ccc1OC. The van der Waals surface area contributed by atoms with Gasteiger partial charge in [-0.1, -0.05) is 46.6 Å². The van der Waals surface area contributed by atoms with Crippen LogP contribution in [0.3, 0.4) is 0 Å². The smallest absolute Gasteiger partial charge is 0.124 e. The quantitative estimate of drug-likeness (QED) is 0.848. The fraction of sp³-hybridized carbons (Fsp3) is 0.625. The summed E-state index contributed by atoms with van der Waals surface area (Å²) >= 11 is 0. The lowest BCUT2D eigenvalue weighted by atomic mass is 9.85. The fourth-order valence-electron chi connectivity index (χ4n) is 2.01. The second-order valence-electron chi connectivity index (χ2n) is 5.86. The highest BCUT2D eigenvalue weighted by molar-refractivity contribution is 5.41. The van der Waals surface area contributed by atoms with Gasteiger partial charge in [-0.3, -0.25) is 0 Å². The number of aliphatic hydroxyl groups excluding tert-OH is 1. The summed E-state index contributed by atoms with van der Waals surface area (Å²) in [6, 6.07) is 6.12. The molecule has 0 heterocycles. The predicted octanol–water partition coefficient (Wildman–Crippen LogP) is 4.22. The van der Waals surface area contributed by atoms with Crippen molar-refractivity contribution < 1.29 is 9.84 Å². The van der Waals surface area contributed by atoms with E-state index >= 15 is 0 Å². The van der Waals surface area contributed by atoms with Crippen LogP contribution >= 0.6 is 0 Å². The number of unbranched alkanes of at least 4 members (excludes halogenated alkanes) is 1. The average Bonchev–Trinajstić information content (AvgIpc) is 2.34. The van der Waals surface area contributed by atoms with Crippen LogP contribution in [0.1, 0.15) is 64.2 Å². The van der Waals surface area contributed by atoms with Gasteiger partial charge >= 0.3 is 0 Å². The molecule has 0 radical (unpaired) electrons. The molecule has 0 aliphatic carbocycles. The third-order valence-corrected chi connectivity index (χ3v) is 3.29. The minimum atomic E-state index is -0.429. The molecule has 1 aromatic carbocycles. The van der Waals surface area contributed by atoms with Crippen molar-refractivity contribution in [2.45, 2.75) is 58.5 Å². The van der Waals surface area contributed by atoms with Crippen molar-refractivity contribution in [3.8, 4) is 5.75 Å². The summed E-state index contributed by atoms with van der Waals surface area (Å²) < 4.78 is 5.35. The summed E-state index contributed by atoms with van der Waals surface area (Å²) in [6.45, 7) is 8.67. The molecule has 0 fully saturated rings. The lowest BCUT2D eigenvalue weighted by Gasteiger charge is -2.22. The largest absolute Gasteiger partial charge is 0.496 e. The Morgan fingerprint density at radius 2 is 1.94 bits per heavy atom. The van der Waals surface area contributed by atoms with Gasteiger partial charge < -0.3 is 9.84 Å². The van der Waals surface area contributed by atoms with Crippen LogP contribution in [0.15, 0.2) is 18.2 Å². The maximum absolute atomic E-state index is 10.3. The molecular formula is C16H26O2. The first-order chi connectivity index (χ1) is 8.40. The molecule has 0 aromatic heterocycles. The fourth-order valence-corrected chi connectivity index (χ4v) is 2.01. The molecule has 0 saturated carbocycles. The number of aliphatic hydroxyl groups is 1. The van der Waals surface area contributed by atoms with Gasteiger partial charge in [-0.2, -0.15) is 0 Å².